The van der Waals surface area contributed by atoms with Crippen LogP contribution in [0.1, 0.15) is 52.7 Å². The van der Waals surface area contributed by atoms with Gasteiger partial charge in [-0.15, -0.1) is 0 Å². The highest BCUT2D eigenvalue weighted by Crippen LogP contribution is 2.37. The van der Waals surface area contributed by atoms with Crippen LogP contribution in [-0.2, 0) is 10.8 Å². The Bertz CT molecular complexity index is 944. The highest BCUT2D eigenvalue weighted by molar-refractivity contribution is 5.90. The minimum atomic E-state index is 0.124. The van der Waals surface area contributed by atoms with Crippen molar-refractivity contribution < 1.29 is 0 Å². The summed E-state index contributed by atoms with van der Waals surface area (Å²) in [6, 6.07) is 21.2. The van der Waals surface area contributed by atoms with Crippen LogP contribution in [0, 0.1) is 0 Å². The molecule has 3 rings (SSSR count). The second-order valence-electron chi connectivity index (χ2n) is 9.68. The SMILES string of the molecule is CC(C)(C)c1ccc(-c2cc(N)c(-c3ccc(C(C)(C)C)cc3)c(N)c2)cc1. The van der Waals surface area contributed by atoms with Crippen LogP contribution in [0.3, 0.4) is 0 Å². The van der Waals surface area contributed by atoms with E-state index in [1.165, 1.54) is 11.1 Å². The van der Waals surface area contributed by atoms with Gasteiger partial charge in [0.2, 0.25) is 0 Å². The first-order chi connectivity index (χ1) is 13.0. The third-order valence-electron chi connectivity index (χ3n) is 5.32. The average molecular weight is 373 g/mol. The summed E-state index contributed by atoms with van der Waals surface area (Å²) in [6.07, 6.45) is 0. The van der Waals surface area contributed by atoms with Crippen molar-refractivity contribution in [1.29, 1.82) is 0 Å². The van der Waals surface area contributed by atoms with Crippen molar-refractivity contribution in [3.05, 3.63) is 71.8 Å². The van der Waals surface area contributed by atoms with Crippen molar-refractivity contribution in [2.24, 2.45) is 0 Å². The molecule has 0 aliphatic heterocycles. The smallest absolute Gasteiger partial charge is 0.0420 e. The Morgan fingerprint density at radius 2 is 0.857 bits per heavy atom. The zero-order valence-corrected chi connectivity index (χ0v) is 17.9. The van der Waals surface area contributed by atoms with Gasteiger partial charge in [0.15, 0.2) is 0 Å². The van der Waals surface area contributed by atoms with Crippen LogP contribution in [0.15, 0.2) is 60.7 Å². The second kappa shape index (κ2) is 7.01. The number of nitrogens with two attached hydrogens (primary N) is 2. The van der Waals surface area contributed by atoms with Gasteiger partial charge in [0, 0.05) is 16.9 Å². The largest absolute Gasteiger partial charge is 0.398 e. The molecule has 0 unspecified atom stereocenters. The quantitative estimate of drug-likeness (QED) is 0.487. The summed E-state index contributed by atoms with van der Waals surface area (Å²) in [4.78, 5) is 0. The average Bonchev–Trinajstić information content (AvgIpc) is 2.60. The molecule has 2 heteroatoms. The monoisotopic (exact) mass is 372 g/mol. The molecule has 28 heavy (non-hydrogen) atoms. The first-order valence-electron chi connectivity index (χ1n) is 9.87. The molecule has 2 nitrogen and oxygen atoms in total. The normalized spacial score (nSPS) is 12.2. The molecule has 0 aromatic heterocycles. The molecule has 0 heterocycles. The van der Waals surface area contributed by atoms with Gasteiger partial charge < -0.3 is 11.5 Å². The van der Waals surface area contributed by atoms with E-state index in [9.17, 15) is 0 Å². The fraction of sp³-hybridized carbons (Fsp3) is 0.308. The van der Waals surface area contributed by atoms with Crippen LogP contribution in [0.5, 0.6) is 0 Å². The highest BCUT2D eigenvalue weighted by atomic mass is 14.6. The Morgan fingerprint density at radius 1 is 0.500 bits per heavy atom. The van der Waals surface area contributed by atoms with Crippen LogP contribution >= 0.6 is 0 Å². The van der Waals surface area contributed by atoms with Gasteiger partial charge in [0.25, 0.3) is 0 Å². The summed E-state index contributed by atoms with van der Waals surface area (Å²) >= 11 is 0. The van der Waals surface area contributed by atoms with E-state index in [1.54, 1.807) is 0 Å². The third kappa shape index (κ3) is 4.06. The van der Waals surface area contributed by atoms with Crippen LogP contribution in [0.4, 0.5) is 11.4 Å². The third-order valence-corrected chi connectivity index (χ3v) is 5.32. The minimum Gasteiger partial charge on any atom is -0.398 e. The number of hydrogen-bond donors (Lipinski definition) is 2. The summed E-state index contributed by atoms with van der Waals surface area (Å²) in [5, 5.41) is 0. The number of benzene rings is 3. The molecule has 146 valence electrons. The Kier molecular flexibility index (Phi) is 5.01. The van der Waals surface area contributed by atoms with E-state index < -0.39 is 0 Å². The van der Waals surface area contributed by atoms with Gasteiger partial charge in [-0.25, -0.2) is 0 Å². The molecular weight excluding hydrogens is 340 g/mol. The maximum atomic E-state index is 6.43. The zero-order chi connectivity index (χ0) is 20.7. The van der Waals surface area contributed by atoms with Crippen LogP contribution < -0.4 is 11.5 Å². The molecule has 0 saturated carbocycles. The maximum absolute atomic E-state index is 6.43. The molecule has 4 N–H and O–H groups in total. The van der Waals surface area contributed by atoms with E-state index in [0.717, 1.165) is 22.3 Å². The number of rotatable bonds is 2. The molecule has 0 spiro atoms. The molecule has 0 saturated heterocycles. The number of nitrogen functional groups attached to an aromatic ring is 2. The molecule has 0 atom stereocenters. The lowest BCUT2D eigenvalue weighted by Gasteiger charge is -2.20. The fourth-order valence-corrected chi connectivity index (χ4v) is 3.49. The van der Waals surface area contributed by atoms with E-state index in [4.69, 9.17) is 11.5 Å². The Balaban J connectivity index is 1.97. The van der Waals surface area contributed by atoms with Gasteiger partial charge in [-0.05, 0) is 50.8 Å². The Labute approximate surface area is 169 Å². The molecular formula is C26H32N2. The van der Waals surface area contributed by atoms with Gasteiger partial charge in [-0.2, -0.15) is 0 Å². The number of hydrogen-bond acceptors (Lipinski definition) is 2. The van der Waals surface area contributed by atoms with Crippen molar-refractivity contribution in [3.63, 3.8) is 0 Å². The van der Waals surface area contributed by atoms with Crippen molar-refractivity contribution in [1.82, 2.24) is 0 Å². The molecule has 3 aromatic carbocycles. The maximum Gasteiger partial charge on any atom is 0.0420 e. The van der Waals surface area contributed by atoms with Crippen molar-refractivity contribution in [2.75, 3.05) is 11.5 Å². The van der Waals surface area contributed by atoms with Gasteiger partial charge in [-0.3, -0.25) is 0 Å². The molecule has 0 radical (unpaired) electrons. The lowest BCUT2D eigenvalue weighted by atomic mass is 9.85. The van der Waals surface area contributed by atoms with E-state index in [1.807, 2.05) is 12.1 Å². The topological polar surface area (TPSA) is 52.0 Å². The Hall–Kier alpha value is -2.74. The summed E-state index contributed by atoms with van der Waals surface area (Å²) in [5.41, 5.74) is 21.3. The predicted molar refractivity (Wildman–Crippen MR) is 124 cm³/mol. The van der Waals surface area contributed by atoms with Gasteiger partial charge >= 0.3 is 0 Å². The van der Waals surface area contributed by atoms with Gasteiger partial charge in [0.1, 0.15) is 0 Å². The first kappa shape index (κ1) is 20.0. The lowest BCUT2D eigenvalue weighted by molar-refractivity contribution is 0.590. The summed E-state index contributed by atoms with van der Waals surface area (Å²) in [6.45, 7) is 13.3. The molecule has 0 aliphatic rings. The fourth-order valence-electron chi connectivity index (χ4n) is 3.49. The molecule has 0 bridgehead atoms. The summed E-state index contributed by atoms with van der Waals surface area (Å²) in [5.74, 6) is 0. The summed E-state index contributed by atoms with van der Waals surface area (Å²) in [7, 11) is 0. The van der Waals surface area contributed by atoms with E-state index in [-0.39, 0.29) is 10.8 Å². The second-order valence-corrected chi connectivity index (χ2v) is 9.68. The molecule has 0 aliphatic carbocycles. The first-order valence-corrected chi connectivity index (χ1v) is 9.87. The predicted octanol–water partition coefficient (Wildman–Crippen LogP) is 6.78. The van der Waals surface area contributed by atoms with Gasteiger partial charge in [0.05, 0.1) is 0 Å². The van der Waals surface area contributed by atoms with E-state index in [2.05, 4.69) is 90.1 Å². The zero-order valence-electron chi connectivity index (χ0n) is 17.9. The van der Waals surface area contributed by atoms with Crippen molar-refractivity contribution in [2.45, 2.75) is 52.4 Å². The van der Waals surface area contributed by atoms with E-state index in [0.29, 0.717) is 11.4 Å². The molecule has 3 aromatic rings. The number of anilines is 2. The van der Waals surface area contributed by atoms with E-state index >= 15 is 0 Å². The van der Waals surface area contributed by atoms with Crippen LogP contribution in [0.25, 0.3) is 22.3 Å². The molecule has 0 amide bonds. The summed E-state index contributed by atoms with van der Waals surface area (Å²) < 4.78 is 0. The van der Waals surface area contributed by atoms with Crippen LogP contribution in [0.2, 0.25) is 0 Å². The van der Waals surface area contributed by atoms with Crippen LogP contribution in [-0.4, -0.2) is 0 Å². The highest BCUT2D eigenvalue weighted by Gasteiger charge is 2.16. The molecule has 0 fully saturated rings. The Morgan fingerprint density at radius 3 is 1.21 bits per heavy atom. The lowest BCUT2D eigenvalue weighted by Crippen LogP contribution is -2.10. The van der Waals surface area contributed by atoms with Gasteiger partial charge in [-0.1, -0.05) is 90.1 Å². The standard InChI is InChI=1S/C26H32N2/c1-25(2,3)20-11-7-17(8-12-20)19-15-22(27)24(23(28)16-19)18-9-13-21(14-10-18)26(4,5)6/h7-16H,27-28H2,1-6H3. The minimum absolute atomic E-state index is 0.124. The van der Waals surface area contributed by atoms with Crippen molar-refractivity contribution in [3.8, 4) is 22.3 Å². The van der Waals surface area contributed by atoms with Crippen molar-refractivity contribution >= 4 is 11.4 Å².